The number of aromatic nitrogens is 2. The van der Waals surface area contributed by atoms with Gasteiger partial charge in [0.15, 0.2) is 0 Å². The Morgan fingerprint density at radius 3 is 2.77 bits per heavy atom. The van der Waals surface area contributed by atoms with Crippen LogP contribution >= 0.6 is 0 Å². The van der Waals surface area contributed by atoms with E-state index in [1.807, 2.05) is 0 Å². The molecule has 0 unspecified atom stereocenters. The molecule has 1 N–H and O–H groups in total. The molecule has 0 saturated carbocycles. The molecular weight excluding hydrogens is 363 g/mol. The fourth-order valence-electron chi connectivity index (χ4n) is 2.58. The molecule has 1 aromatic heterocycles. The number of imidazole rings is 1. The summed E-state index contributed by atoms with van der Waals surface area (Å²) in [6, 6.07) is 3.52. The topological polar surface area (TPSA) is 93.5 Å². The number of sulfonamides is 1. The number of aryl methyl sites for hydroxylation is 1. The van der Waals surface area contributed by atoms with E-state index in [4.69, 9.17) is 4.74 Å². The van der Waals surface area contributed by atoms with Gasteiger partial charge in [-0.1, -0.05) is 0 Å². The molecule has 26 heavy (non-hydrogen) atoms. The summed E-state index contributed by atoms with van der Waals surface area (Å²) in [5, 5.41) is 2.60. The normalized spacial score (nSPS) is 15.7. The summed E-state index contributed by atoms with van der Waals surface area (Å²) < 4.78 is 47.5. The van der Waals surface area contributed by atoms with Crippen molar-refractivity contribution >= 4 is 21.6 Å². The summed E-state index contributed by atoms with van der Waals surface area (Å²) in [5.74, 6) is -1.16. The lowest BCUT2D eigenvalue weighted by Gasteiger charge is -2.26. The first-order valence-electron chi connectivity index (χ1n) is 8.10. The van der Waals surface area contributed by atoms with Gasteiger partial charge in [-0.25, -0.2) is 17.8 Å². The fraction of sp³-hybridized carbons (Fsp3) is 0.375. The SMILES string of the molecule is O=C(CCn1ccnc1)Nc1ccc(F)c(S(=O)(=O)N2CCOCC2)c1. The number of benzene rings is 1. The van der Waals surface area contributed by atoms with Crippen molar-refractivity contribution in [3.63, 3.8) is 0 Å². The van der Waals surface area contributed by atoms with E-state index in [0.717, 1.165) is 12.1 Å². The van der Waals surface area contributed by atoms with Crippen LogP contribution in [-0.4, -0.2) is 54.5 Å². The van der Waals surface area contributed by atoms with Gasteiger partial charge in [0, 0.05) is 44.1 Å². The largest absolute Gasteiger partial charge is 0.379 e. The standard InChI is InChI=1S/C16H19FN4O4S/c17-14-2-1-13(19-16(22)3-5-20-6-4-18-12-20)11-15(14)26(23,24)21-7-9-25-10-8-21/h1-2,4,6,11-12H,3,5,7-10H2,(H,19,22). The zero-order chi connectivity index (χ0) is 18.6. The van der Waals surface area contributed by atoms with Gasteiger partial charge in [0.05, 0.1) is 19.5 Å². The van der Waals surface area contributed by atoms with Crippen molar-refractivity contribution in [2.75, 3.05) is 31.6 Å². The first-order chi connectivity index (χ1) is 12.5. The van der Waals surface area contributed by atoms with Gasteiger partial charge in [-0.15, -0.1) is 0 Å². The van der Waals surface area contributed by atoms with Gasteiger partial charge < -0.3 is 14.6 Å². The summed E-state index contributed by atoms with van der Waals surface area (Å²) in [7, 11) is -3.98. The summed E-state index contributed by atoms with van der Waals surface area (Å²) >= 11 is 0. The smallest absolute Gasteiger partial charge is 0.246 e. The van der Waals surface area contributed by atoms with Crippen molar-refractivity contribution in [3.05, 3.63) is 42.7 Å². The molecule has 10 heteroatoms. The summed E-state index contributed by atoms with van der Waals surface area (Å²) in [4.78, 5) is 15.5. The number of nitrogens with zero attached hydrogens (tertiary/aromatic N) is 3. The van der Waals surface area contributed by atoms with E-state index >= 15 is 0 Å². The molecule has 1 amide bonds. The third-order valence-electron chi connectivity index (χ3n) is 3.96. The number of rotatable bonds is 6. The monoisotopic (exact) mass is 382 g/mol. The molecule has 1 aliphatic rings. The van der Waals surface area contributed by atoms with E-state index < -0.39 is 20.7 Å². The van der Waals surface area contributed by atoms with Crippen molar-refractivity contribution in [3.8, 4) is 0 Å². The molecule has 2 aromatic rings. The maximum absolute atomic E-state index is 14.1. The molecule has 0 spiro atoms. The molecule has 1 saturated heterocycles. The van der Waals surface area contributed by atoms with Gasteiger partial charge in [0.25, 0.3) is 0 Å². The molecule has 3 rings (SSSR count). The molecule has 140 valence electrons. The number of carbonyl (C=O) groups is 1. The number of carbonyl (C=O) groups excluding carboxylic acids is 1. The average molecular weight is 382 g/mol. The minimum absolute atomic E-state index is 0.170. The van der Waals surface area contributed by atoms with E-state index in [0.29, 0.717) is 6.54 Å². The lowest BCUT2D eigenvalue weighted by atomic mass is 10.3. The van der Waals surface area contributed by atoms with Crippen LogP contribution in [0.5, 0.6) is 0 Å². The molecular formula is C16H19FN4O4S. The van der Waals surface area contributed by atoms with E-state index in [-0.39, 0.29) is 44.3 Å². The number of anilines is 1. The van der Waals surface area contributed by atoms with Gasteiger partial charge in [0.1, 0.15) is 10.7 Å². The molecule has 0 bridgehead atoms. The summed E-state index contributed by atoms with van der Waals surface area (Å²) in [5.41, 5.74) is 0.230. The molecule has 8 nitrogen and oxygen atoms in total. The van der Waals surface area contributed by atoms with Crippen LogP contribution in [0.15, 0.2) is 41.8 Å². The Kier molecular flexibility index (Phi) is 5.64. The average Bonchev–Trinajstić information content (AvgIpc) is 3.16. The third-order valence-corrected chi connectivity index (χ3v) is 5.87. The molecule has 0 atom stereocenters. The fourth-order valence-corrected chi connectivity index (χ4v) is 4.08. The van der Waals surface area contributed by atoms with Crippen LogP contribution in [0.4, 0.5) is 10.1 Å². The number of morpholine rings is 1. The van der Waals surface area contributed by atoms with Crippen LogP contribution in [-0.2, 0) is 26.1 Å². The van der Waals surface area contributed by atoms with Crippen molar-refractivity contribution < 1.29 is 22.3 Å². The predicted molar refractivity (Wildman–Crippen MR) is 91.5 cm³/mol. The first-order valence-corrected chi connectivity index (χ1v) is 9.54. The highest BCUT2D eigenvalue weighted by atomic mass is 32.2. The number of hydrogen-bond donors (Lipinski definition) is 1. The number of nitrogens with one attached hydrogen (secondary N) is 1. The van der Waals surface area contributed by atoms with E-state index in [1.165, 1.54) is 10.4 Å². The lowest BCUT2D eigenvalue weighted by molar-refractivity contribution is -0.116. The van der Waals surface area contributed by atoms with Crippen LogP contribution < -0.4 is 5.32 Å². The molecule has 1 fully saturated rings. The highest BCUT2D eigenvalue weighted by Gasteiger charge is 2.29. The molecule has 1 aromatic carbocycles. The van der Waals surface area contributed by atoms with E-state index in [9.17, 15) is 17.6 Å². The Hall–Kier alpha value is -2.30. The number of ether oxygens (including phenoxy) is 1. The van der Waals surface area contributed by atoms with Crippen molar-refractivity contribution in [1.29, 1.82) is 0 Å². The Balaban J connectivity index is 1.71. The zero-order valence-electron chi connectivity index (χ0n) is 14.0. The predicted octanol–water partition coefficient (Wildman–Crippen LogP) is 1.07. The molecule has 1 aliphatic heterocycles. The Morgan fingerprint density at radius 1 is 1.31 bits per heavy atom. The second-order valence-electron chi connectivity index (χ2n) is 5.76. The van der Waals surface area contributed by atoms with Crippen LogP contribution in [0, 0.1) is 5.82 Å². The highest BCUT2D eigenvalue weighted by Crippen LogP contribution is 2.24. The third kappa shape index (κ3) is 4.26. The maximum atomic E-state index is 14.1. The number of amides is 1. The van der Waals surface area contributed by atoms with Gasteiger partial charge in [0.2, 0.25) is 15.9 Å². The minimum Gasteiger partial charge on any atom is -0.379 e. The summed E-state index contributed by atoms with van der Waals surface area (Å²) in [6.07, 6.45) is 5.12. The first kappa shape index (κ1) is 18.5. The van der Waals surface area contributed by atoms with Gasteiger partial charge >= 0.3 is 0 Å². The minimum atomic E-state index is -3.98. The number of halogens is 1. The maximum Gasteiger partial charge on any atom is 0.246 e. The second kappa shape index (κ2) is 7.94. The number of hydrogen-bond acceptors (Lipinski definition) is 5. The van der Waals surface area contributed by atoms with E-state index in [2.05, 4.69) is 10.3 Å². The zero-order valence-corrected chi connectivity index (χ0v) is 14.8. The van der Waals surface area contributed by atoms with Crippen LogP contribution in [0.1, 0.15) is 6.42 Å². The second-order valence-corrected chi connectivity index (χ2v) is 7.67. The molecule has 2 heterocycles. The van der Waals surface area contributed by atoms with Crippen molar-refractivity contribution in [1.82, 2.24) is 13.9 Å². The Labute approximate surface area is 150 Å². The van der Waals surface area contributed by atoms with Crippen molar-refractivity contribution in [2.45, 2.75) is 17.9 Å². The molecule has 0 aliphatic carbocycles. The van der Waals surface area contributed by atoms with Gasteiger partial charge in [-0.2, -0.15) is 4.31 Å². The van der Waals surface area contributed by atoms with Gasteiger partial charge in [-0.3, -0.25) is 4.79 Å². The Bertz CT molecular complexity index is 864. The highest BCUT2D eigenvalue weighted by molar-refractivity contribution is 7.89. The van der Waals surface area contributed by atoms with E-state index in [1.54, 1.807) is 23.3 Å². The lowest BCUT2D eigenvalue weighted by Crippen LogP contribution is -2.40. The van der Waals surface area contributed by atoms with Crippen LogP contribution in [0.3, 0.4) is 0 Å². The van der Waals surface area contributed by atoms with Crippen molar-refractivity contribution in [2.24, 2.45) is 0 Å². The van der Waals surface area contributed by atoms with Crippen LogP contribution in [0.2, 0.25) is 0 Å². The Morgan fingerprint density at radius 2 is 2.08 bits per heavy atom. The quantitative estimate of drug-likeness (QED) is 0.807. The van der Waals surface area contributed by atoms with Gasteiger partial charge in [-0.05, 0) is 18.2 Å². The van der Waals surface area contributed by atoms with Crippen LogP contribution in [0.25, 0.3) is 0 Å². The summed E-state index contributed by atoms with van der Waals surface area (Å²) in [6.45, 7) is 1.32. The molecule has 0 radical (unpaired) electrons.